The van der Waals surface area contributed by atoms with Crippen LogP contribution in [0.1, 0.15) is 22.3 Å². The Morgan fingerprint density at radius 2 is 1.62 bits per heavy atom. The Labute approximate surface area is 173 Å². The van der Waals surface area contributed by atoms with E-state index in [1.807, 2.05) is 6.92 Å². The lowest BCUT2D eigenvalue weighted by Crippen LogP contribution is -2.47. The first-order valence-corrected chi connectivity index (χ1v) is 10.2. The highest BCUT2D eigenvalue weighted by molar-refractivity contribution is 5.95. The monoisotopic (exact) mass is 397 g/mol. The third-order valence-electron chi connectivity index (χ3n) is 5.44. The molecule has 156 valence electrons. The predicted octanol–water partition coefficient (Wildman–Crippen LogP) is 2.95. The van der Waals surface area contributed by atoms with Crippen molar-refractivity contribution in [3.63, 3.8) is 0 Å². The summed E-state index contributed by atoms with van der Waals surface area (Å²) >= 11 is 0. The van der Waals surface area contributed by atoms with Crippen molar-refractivity contribution in [3.05, 3.63) is 53.6 Å². The van der Waals surface area contributed by atoms with E-state index in [4.69, 9.17) is 9.47 Å². The van der Waals surface area contributed by atoms with Gasteiger partial charge in [0.05, 0.1) is 14.2 Å². The van der Waals surface area contributed by atoms with Gasteiger partial charge in [0.1, 0.15) is 11.5 Å². The van der Waals surface area contributed by atoms with Crippen molar-refractivity contribution in [3.8, 4) is 11.5 Å². The molecule has 1 fully saturated rings. The Kier molecular flexibility index (Phi) is 7.36. The Balaban J connectivity index is 1.41. The van der Waals surface area contributed by atoms with Crippen LogP contribution in [0.4, 0.5) is 5.69 Å². The van der Waals surface area contributed by atoms with Crippen LogP contribution in [0.3, 0.4) is 0 Å². The van der Waals surface area contributed by atoms with E-state index in [1.54, 1.807) is 26.4 Å². The lowest BCUT2D eigenvalue weighted by molar-refractivity contribution is 0.0950. The van der Waals surface area contributed by atoms with Crippen LogP contribution >= 0.6 is 0 Å². The standard InChI is InChI=1S/C23H31N3O3/c1-18-21(28-2)16-19(17-22(18)29-3)23(27)24-10-7-11-25-12-14-26(15-13-25)20-8-5-4-6-9-20/h4-6,8-9,16-17H,7,10-15H2,1-3H3,(H,24,27). The number of nitrogens with zero attached hydrogens (tertiary/aromatic N) is 2. The molecular formula is C23H31N3O3. The average Bonchev–Trinajstić information content (AvgIpc) is 2.77. The molecule has 1 N–H and O–H groups in total. The van der Waals surface area contributed by atoms with Crippen LogP contribution in [0.25, 0.3) is 0 Å². The second-order valence-electron chi connectivity index (χ2n) is 7.28. The SMILES string of the molecule is COc1cc(C(=O)NCCCN2CCN(c3ccccc3)CC2)cc(OC)c1C. The number of anilines is 1. The number of carbonyl (C=O) groups excluding carboxylic acids is 1. The third kappa shape index (κ3) is 5.41. The number of amides is 1. The molecule has 0 saturated carbocycles. The Morgan fingerprint density at radius 1 is 1.00 bits per heavy atom. The minimum absolute atomic E-state index is 0.101. The fourth-order valence-electron chi connectivity index (χ4n) is 3.69. The molecule has 6 nitrogen and oxygen atoms in total. The largest absolute Gasteiger partial charge is 0.496 e. The number of carbonyl (C=O) groups is 1. The summed E-state index contributed by atoms with van der Waals surface area (Å²) in [6.07, 6.45) is 0.928. The van der Waals surface area contributed by atoms with Crippen LogP contribution in [0.15, 0.2) is 42.5 Å². The van der Waals surface area contributed by atoms with Crippen molar-refractivity contribution in [2.45, 2.75) is 13.3 Å². The number of methoxy groups -OCH3 is 2. The zero-order valence-electron chi connectivity index (χ0n) is 17.6. The van der Waals surface area contributed by atoms with Crippen molar-refractivity contribution >= 4 is 11.6 Å². The zero-order chi connectivity index (χ0) is 20.6. The maximum atomic E-state index is 12.5. The molecule has 1 aliphatic rings. The van der Waals surface area contributed by atoms with E-state index in [0.29, 0.717) is 23.6 Å². The van der Waals surface area contributed by atoms with Crippen LogP contribution < -0.4 is 19.7 Å². The first-order valence-electron chi connectivity index (χ1n) is 10.2. The van der Waals surface area contributed by atoms with Gasteiger partial charge in [0.25, 0.3) is 5.91 Å². The highest BCUT2D eigenvalue weighted by Gasteiger charge is 2.17. The van der Waals surface area contributed by atoms with E-state index < -0.39 is 0 Å². The lowest BCUT2D eigenvalue weighted by Gasteiger charge is -2.36. The number of hydrogen-bond acceptors (Lipinski definition) is 5. The maximum absolute atomic E-state index is 12.5. The van der Waals surface area contributed by atoms with Gasteiger partial charge in [-0.2, -0.15) is 0 Å². The van der Waals surface area contributed by atoms with Crippen molar-refractivity contribution in [1.29, 1.82) is 0 Å². The molecule has 0 bridgehead atoms. The Bertz CT molecular complexity index is 777. The molecule has 2 aromatic carbocycles. The summed E-state index contributed by atoms with van der Waals surface area (Å²) in [5.74, 6) is 1.21. The van der Waals surface area contributed by atoms with Crippen molar-refractivity contribution < 1.29 is 14.3 Å². The second-order valence-corrected chi connectivity index (χ2v) is 7.28. The molecule has 0 atom stereocenters. The highest BCUT2D eigenvalue weighted by atomic mass is 16.5. The molecule has 3 rings (SSSR count). The molecule has 0 unspecified atom stereocenters. The quantitative estimate of drug-likeness (QED) is 0.694. The number of nitrogens with one attached hydrogen (secondary N) is 1. The zero-order valence-corrected chi connectivity index (χ0v) is 17.6. The molecule has 6 heteroatoms. The fourth-order valence-corrected chi connectivity index (χ4v) is 3.69. The van der Waals surface area contributed by atoms with Gasteiger partial charge >= 0.3 is 0 Å². The first-order chi connectivity index (χ1) is 14.1. The second kappa shape index (κ2) is 10.2. The van der Waals surface area contributed by atoms with Gasteiger partial charge < -0.3 is 19.7 Å². The van der Waals surface area contributed by atoms with Gasteiger partial charge in [-0.15, -0.1) is 0 Å². The molecule has 29 heavy (non-hydrogen) atoms. The van der Waals surface area contributed by atoms with E-state index in [0.717, 1.165) is 44.7 Å². The van der Waals surface area contributed by atoms with Crippen LogP contribution in [0.5, 0.6) is 11.5 Å². The molecule has 1 heterocycles. The van der Waals surface area contributed by atoms with Crippen molar-refractivity contribution in [2.75, 3.05) is 58.4 Å². The molecule has 0 aliphatic carbocycles. The number of hydrogen-bond donors (Lipinski definition) is 1. The molecule has 0 radical (unpaired) electrons. The van der Waals surface area contributed by atoms with Crippen LogP contribution in [0.2, 0.25) is 0 Å². The van der Waals surface area contributed by atoms with Crippen molar-refractivity contribution in [1.82, 2.24) is 10.2 Å². The number of para-hydroxylation sites is 1. The van der Waals surface area contributed by atoms with E-state index in [2.05, 4.69) is 45.4 Å². The highest BCUT2D eigenvalue weighted by Crippen LogP contribution is 2.29. The summed E-state index contributed by atoms with van der Waals surface area (Å²) in [7, 11) is 3.20. The molecular weight excluding hydrogens is 366 g/mol. The summed E-state index contributed by atoms with van der Waals surface area (Å²) < 4.78 is 10.7. The molecule has 0 aromatic heterocycles. The van der Waals surface area contributed by atoms with E-state index >= 15 is 0 Å². The van der Waals surface area contributed by atoms with Crippen LogP contribution in [-0.2, 0) is 0 Å². The predicted molar refractivity (Wildman–Crippen MR) is 116 cm³/mol. The lowest BCUT2D eigenvalue weighted by atomic mass is 10.1. The fraction of sp³-hybridized carbons (Fsp3) is 0.435. The van der Waals surface area contributed by atoms with Gasteiger partial charge in [0.15, 0.2) is 0 Å². The third-order valence-corrected chi connectivity index (χ3v) is 5.44. The minimum atomic E-state index is -0.101. The number of benzene rings is 2. The number of rotatable bonds is 8. The van der Waals surface area contributed by atoms with Crippen molar-refractivity contribution in [2.24, 2.45) is 0 Å². The maximum Gasteiger partial charge on any atom is 0.251 e. The average molecular weight is 398 g/mol. The topological polar surface area (TPSA) is 54.0 Å². The summed E-state index contributed by atoms with van der Waals surface area (Å²) in [4.78, 5) is 17.4. The Morgan fingerprint density at radius 3 is 2.21 bits per heavy atom. The summed E-state index contributed by atoms with van der Waals surface area (Å²) in [6.45, 7) is 7.74. The minimum Gasteiger partial charge on any atom is -0.496 e. The smallest absolute Gasteiger partial charge is 0.251 e. The number of piperazine rings is 1. The Hall–Kier alpha value is -2.73. The first kappa shape index (κ1) is 21.0. The van der Waals surface area contributed by atoms with Gasteiger partial charge in [0.2, 0.25) is 0 Å². The van der Waals surface area contributed by atoms with Gasteiger partial charge in [-0.1, -0.05) is 18.2 Å². The summed E-state index contributed by atoms with van der Waals surface area (Å²) in [5.41, 5.74) is 2.74. The summed E-state index contributed by atoms with van der Waals surface area (Å²) in [6, 6.07) is 14.1. The molecule has 2 aromatic rings. The van der Waals surface area contributed by atoms with Gasteiger partial charge in [-0.05, 0) is 44.2 Å². The summed E-state index contributed by atoms with van der Waals surface area (Å²) in [5, 5.41) is 3.01. The van der Waals surface area contributed by atoms with Crippen LogP contribution in [0, 0.1) is 6.92 Å². The van der Waals surface area contributed by atoms with Gasteiger partial charge in [0, 0.05) is 49.5 Å². The number of ether oxygens (including phenoxy) is 2. The van der Waals surface area contributed by atoms with E-state index in [-0.39, 0.29) is 5.91 Å². The molecule has 1 amide bonds. The van der Waals surface area contributed by atoms with Crippen LogP contribution in [-0.4, -0.2) is 64.3 Å². The van der Waals surface area contributed by atoms with Gasteiger partial charge in [-0.25, -0.2) is 0 Å². The molecule has 1 aliphatic heterocycles. The van der Waals surface area contributed by atoms with Gasteiger partial charge in [-0.3, -0.25) is 9.69 Å². The molecule has 1 saturated heterocycles. The van der Waals surface area contributed by atoms with E-state index in [1.165, 1.54) is 5.69 Å². The van der Waals surface area contributed by atoms with E-state index in [9.17, 15) is 4.79 Å². The molecule has 0 spiro atoms. The normalized spacial score (nSPS) is 14.5.